The summed E-state index contributed by atoms with van der Waals surface area (Å²) in [4.78, 5) is 18.3. The summed E-state index contributed by atoms with van der Waals surface area (Å²) >= 11 is 0. The van der Waals surface area contributed by atoms with Gasteiger partial charge in [-0.3, -0.25) is 4.79 Å². The Morgan fingerprint density at radius 2 is 1.86 bits per heavy atom. The van der Waals surface area contributed by atoms with E-state index in [1.165, 1.54) is 0 Å². The van der Waals surface area contributed by atoms with Crippen LogP contribution in [0.1, 0.15) is 10.5 Å². The Hall–Kier alpha value is -2.78. The Bertz CT molecular complexity index is 688. The van der Waals surface area contributed by atoms with E-state index in [4.69, 9.17) is 0 Å². The van der Waals surface area contributed by atoms with E-state index in [2.05, 4.69) is 20.0 Å². The van der Waals surface area contributed by atoms with Gasteiger partial charge in [-0.2, -0.15) is 4.39 Å². The zero-order chi connectivity index (χ0) is 16.3. The van der Waals surface area contributed by atoms with Crippen molar-refractivity contribution >= 4 is 11.6 Å². The standard InChI is InChI=1S/C12H6F5N3O2/c13-8-3-6(4-19-10(8)14)20-11(21)9-2-1-7(5-18-9)22-12(15,16)17/h1-5H,(H,20,21). The maximum Gasteiger partial charge on any atom is 0.573 e. The third kappa shape index (κ3) is 4.11. The number of pyridine rings is 2. The van der Waals surface area contributed by atoms with Crippen LogP contribution in [0.4, 0.5) is 27.6 Å². The molecule has 0 saturated carbocycles. The first kappa shape index (κ1) is 15.6. The van der Waals surface area contributed by atoms with Gasteiger partial charge in [0.15, 0.2) is 5.82 Å². The van der Waals surface area contributed by atoms with Crippen molar-refractivity contribution in [3.8, 4) is 5.75 Å². The van der Waals surface area contributed by atoms with Crippen LogP contribution in [-0.4, -0.2) is 22.2 Å². The molecule has 22 heavy (non-hydrogen) atoms. The molecular weight excluding hydrogens is 313 g/mol. The van der Waals surface area contributed by atoms with Gasteiger partial charge < -0.3 is 10.1 Å². The number of anilines is 1. The van der Waals surface area contributed by atoms with Gasteiger partial charge in [0.1, 0.15) is 11.4 Å². The first-order valence-corrected chi connectivity index (χ1v) is 5.59. The number of carbonyl (C=O) groups excluding carboxylic acids is 1. The SMILES string of the molecule is O=C(Nc1cnc(F)c(F)c1)c1ccc(OC(F)(F)F)cn1. The summed E-state index contributed by atoms with van der Waals surface area (Å²) < 4.78 is 65.0. The van der Waals surface area contributed by atoms with Crippen LogP contribution in [0.25, 0.3) is 0 Å². The quantitative estimate of drug-likeness (QED) is 0.698. The van der Waals surface area contributed by atoms with Crippen LogP contribution >= 0.6 is 0 Å². The van der Waals surface area contributed by atoms with Gasteiger partial charge in [0.05, 0.1) is 18.1 Å². The molecule has 116 valence electrons. The van der Waals surface area contributed by atoms with Gasteiger partial charge in [-0.15, -0.1) is 13.2 Å². The van der Waals surface area contributed by atoms with Crippen LogP contribution in [0.3, 0.4) is 0 Å². The lowest BCUT2D eigenvalue weighted by Crippen LogP contribution is -2.18. The molecule has 0 unspecified atom stereocenters. The molecule has 1 N–H and O–H groups in total. The lowest BCUT2D eigenvalue weighted by molar-refractivity contribution is -0.274. The molecule has 2 heterocycles. The second kappa shape index (κ2) is 5.92. The number of hydrogen-bond acceptors (Lipinski definition) is 4. The van der Waals surface area contributed by atoms with Gasteiger partial charge in [-0.25, -0.2) is 14.4 Å². The highest BCUT2D eigenvalue weighted by Gasteiger charge is 2.31. The summed E-state index contributed by atoms with van der Waals surface area (Å²) in [5.74, 6) is -4.03. The molecule has 2 rings (SSSR count). The molecule has 0 aliphatic carbocycles. The Labute approximate surface area is 119 Å². The molecule has 2 aromatic heterocycles. The smallest absolute Gasteiger partial charge is 0.404 e. The maximum atomic E-state index is 12.9. The maximum absolute atomic E-state index is 12.9. The zero-order valence-corrected chi connectivity index (χ0v) is 10.5. The number of nitrogens with zero attached hydrogens (tertiary/aromatic N) is 2. The van der Waals surface area contributed by atoms with Gasteiger partial charge in [-0.1, -0.05) is 0 Å². The van der Waals surface area contributed by atoms with E-state index in [9.17, 15) is 26.7 Å². The summed E-state index contributed by atoms with van der Waals surface area (Å²) in [5.41, 5.74) is -0.388. The van der Waals surface area contributed by atoms with Crippen LogP contribution in [0.2, 0.25) is 0 Å². The summed E-state index contributed by atoms with van der Waals surface area (Å²) in [5, 5.41) is 2.16. The predicted octanol–water partition coefficient (Wildman–Crippen LogP) is 2.91. The first-order chi connectivity index (χ1) is 10.2. The number of aromatic nitrogens is 2. The molecule has 0 bridgehead atoms. The average molecular weight is 319 g/mol. The minimum atomic E-state index is -4.87. The van der Waals surface area contributed by atoms with Gasteiger partial charge >= 0.3 is 6.36 Å². The third-order valence-electron chi connectivity index (χ3n) is 2.26. The third-order valence-corrected chi connectivity index (χ3v) is 2.26. The highest BCUT2D eigenvalue weighted by Crippen LogP contribution is 2.21. The molecule has 0 spiro atoms. The topological polar surface area (TPSA) is 64.1 Å². The van der Waals surface area contributed by atoms with Gasteiger partial charge in [0.2, 0.25) is 5.95 Å². The van der Waals surface area contributed by atoms with Crippen molar-refractivity contribution in [2.45, 2.75) is 6.36 Å². The number of alkyl halides is 3. The fraction of sp³-hybridized carbons (Fsp3) is 0.0833. The lowest BCUT2D eigenvalue weighted by atomic mass is 10.3. The van der Waals surface area contributed by atoms with Gasteiger partial charge in [0.25, 0.3) is 5.91 Å². The lowest BCUT2D eigenvalue weighted by Gasteiger charge is -2.09. The summed E-state index contributed by atoms with van der Waals surface area (Å²) in [6.07, 6.45) is -3.30. The molecule has 10 heteroatoms. The minimum Gasteiger partial charge on any atom is -0.404 e. The molecule has 0 atom stereocenters. The molecule has 1 amide bonds. The average Bonchev–Trinajstić information content (AvgIpc) is 2.42. The van der Waals surface area contributed by atoms with Crippen LogP contribution < -0.4 is 10.1 Å². The van der Waals surface area contributed by atoms with Crippen LogP contribution in [0.5, 0.6) is 5.75 Å². The molecule has 0 aliphatic rings. The Morgan fingerprint density at radius 3 is 2.41 bits per heavy atom. The number of carbonyl (C=O) groups is 1. The monoisotopic (exact) mass is 319 g/mol. The van der Waals surface area contributed by atoms with E-state index in [1.807, 2.05) is 0 Å². The number of nitrogens with one attached hydrogen (secondary N) is 1. The first-order valence-electron chi connectivity index (χ1n) is 5.59. The highest BCUT2D eigenvalue weighted by molar-refractivity contribution is 6.02. The molecule has 0 saturated heterocycles. The van der Waals surface area contributed by atoms with Crippen molar-refractivity contribution < 1.29 is 31.5 Å². The molecule has 2 aromatic rings. The van der Waals surface area contributed by atoms with E-state index in [-0.39, 0.29) is 11.4 Å². The van der Waals surface area contributed by atoms with Crippen molar-refractivity contribution in [3.05, 3.63) is 48.1 Å². The Balaban J connectivity index is 2.08. The van der Waals surface area contributed by atoms with Crippen molar-refractivity contribution in [2.24, 2.45) is 0 Å². The van der Waals surface area contributed by atoms with E-state index < -0.39 is 29.8 Å². The molecule has 5 nitrogen and oxygen atoms in total. The fourth-order valence-corrected chi connectivity index (χ4v) is 1.39. The van der Waals surface area contributed by atoms with Crippen molar-refractivity contribution in [2.75, 3.05) is 5.32 Å². The number of ether oxygens (including phenoxy) is 1. The summed E-state index contributed by atoms with van der Waals surface area (Å²) in [6.45, 7) is 0. The van der Waals surface area contributed by atoms with Crippen molar-refractivity contribution in [1.29, 1.82) is 0 Å². The zero-order valence-electron chi connectivity index (χ0n) is 10.5. The second-order valence-corrected chi connectivity index (χ2v) is 3.88. The molecule has 0 aromatic carbocycles. The summed E-state index contributed by atoms with van der Waals surface area (Å²) in [7, 11) is 0. The number of hydrogen-bond donors (Lipinski definition) is 1. The molecular formula is C12H6F5N3O2. The minimum absolute atomic E-state index is 0.138. The van der Waals surface area contributed by atoms with Crippen LogP contribution in [0.15, 0.2) is 30.6 Å². The van der Waals surface area contributed by atoms with Gasteiger partial charge in [0, 0.05) is 6.07 Å². The van der Waals surface area contributed by atoms with E-state index in [1.54, 1.807) is 0 Å². The molecule has 0 radical (unpaired) electrons. The van der Waals surface area contributed by atoms with E-state index in [0.717, 1.165) is 18.3 Å². The number of amides is 1. The largest absolute Gasteiger partial charge is 0.573 e. The number of halogens is 5. The predicted molar refractivity (Wildman–Crippen MR) is 63.0 cm³/mol. The Kier molecular flexibility index (Phi) is 4.20. The normalized spacial score (nSPS) is 11.1. The molecule has 0 fully saturated rings. The molecule has 0 aliphatic heterocycles. The Morgan fingerprint density at radius 1 is 1.14 bits per heavy atom. The van der Waals surface area contributed by atoms with Gasteiger partial charge in [-0.05, 0) is 12.1 Å². The van der Waals surface area contributed by atoms with Crippen molar-refractivity contribution in [3.63, 3.8) is 0 Å². The van der Waals surface area contributed by atoms with E-state index in [0.29, 0.717) is 12.3 Å². The van der Waals surface area contributed by atoms with Crippen LogP contribution in [-0.2, 0) is 0 Å². The van der Waals surface area contributed by atoms with Crippen molar-refractivity contribution in [1.82, 2.24) is 9.97 Å². The second-order valence-electron chi connectivity index (χ2n) is 3.88. The summed E-state index contributed by atoms with van der Waals surface area (Å²) in [6, 6.07) is 2.56. The number of rotatable bonds is 3. The fourth-order valence-electron chi connectivity index (χ4n) is 1.39. The highest BCUT2D eigenvalue weighted by atomic mass is 19.4. The van der Waals surface area contributed by atoms with E-state index >= 15 is 0 Å². The van der Waals surface area contributed by atoms with Crippen LogP contribution in [0, 0.1) is 11.8 Å².